The number of hydrogen-bond donors (Lipinski definition) is 1. The van der Waals surface area contributed by atoms with Crippen LogP contribution in [0.3, 0.4) is 0 Å². The highest BCUT2D eigenvalue weighted by atomic mass is 79.9. The second kappa shape index (κ2) is 7.88. The minimum Gasteiger partial charge on any atom is -0.352 e. The largest absolute Gasteiger partial charge is 0.352 e. The van der Waals surface area contributed by atoms with Gasteiger partial charge in [0.25, 0.3) is 0 Å². The van der Waals surface area contributed by atoms with Gasteiger partial charge in [-0.3, -0.25) is 4.79 Å². The summed E-state index contributed by atoms with van der Waals surface area (Å²) in [6, 6.07) is 15.8. The molecule has 0 aliphatic carbocycles. The quantitative estimate of drug-likeness (QED) is 0.709. The van der Waals surface area contributed by atoms with E-state index in [1.807, 2.05) is 48.5 Å². The molecule has 122 valence electrons. The summed E-state index contributed by atoms with van der Waals surface area (Å²) < 4.78 is 2.74. The van der Waals surface area contributed by atoms with Gasteiger partial charge in [0.1, 0.15) is 12.7 Å². The Bertz CT molecular complexity index is 800. The zero-order valence-electron chi connectivity index (χ0n) is 13.0. The lowest BCUT2D eigenvalue weighted by molar-refractivity contribution is -0.121. The van der Waals surface area contributed by atoms with E-state index >= 15 is 0 Å². The average Bonchev–Trinajstić information content (AvgIpc) is 3.14. The molecule has 0 bridgehead atoms. The molecule has 3 aromatic rings. The minimum absolute atomic E-state index is 0.0473. The van der Waals surface area contributed by atoms with Crippen LogP contribution in [-0.2, 0) is 17.8 Å². The number of nitrogens with zero attached hydrogens (tertiary/aromatic N) is 3. The number of amides is 1. The topological polar surface area (TPSA) is 59.8 Å². The molecule has 24 heavy (non-hydrogen) atoms. The summed E-state index contributed by atoms with van der Waals surface area (Å²) in [6.07, 6.45) is 4.34. The molecule has 1 N–H and O–H groups in total. The average molecular weight is 385 g/mol. The molecule has 5 nitrogen and oxygen atoms in total. The number of benzene rings is 2. The molecule has 1 amide bonds. The number of halogens is 1. The van der Waals surface area contributed by atoms with Crippen molar-refractivity contribution in [3.05, 3.63) is 76.8 Å². The Morgan fingerprint density at radius 2 is 1.92 bits per heavy atom. The third-order valence-corrected chi connectivity index (χ3v) is 4.46. The fraction of sp³-hybridized carbons (Fsp3) is 0.167. The van der Waals surface area contributed by atoms with Crippen molar-refractivity contribution >= 4 is 21.8 Å². The smallest absolute Gasteiger partial charge is 0.220 e. The maximum atomic E-state index is 12.0. The van der Waals surface area contributed by atoms with Crippen molar-refractivity contribution in [3.8, 4) is 5.69 Å². The van der Waals surface area contributed by atoms with Gasteiger partial charge in [-0.2, -0.15) is 5.10 Å². The van der Waals surface area contributed by atoms with Crippen LogP contribution < -0.4 is 5.32 Å². The third-order valence-electron chi connectivity index (χ3n) is 3.69. The summed E-state index contributed by atoms with van der Waals surface area (Å²) in [7, 11) is 0. The van der Waals surface area contributed by atoms with Crippen molar-refractivity contribution in [1.82, 2.24) is 20.1 Å². The normalized spacial score (nSPS) is 10.5. The molecule has 0 unspecified atom stereocenters. The molecule has 2 aromatic carbocycles. The van der Waals surface area contributed by atoms with Gasteiger partial charge in [0.05, 0.1) is 5.69 Å². The van der Waals surface area contributed by atoms with Crippen LogP contribution in [0, 0.1) is 0 Å². The van der Waals surface area contributed by atoms with E-state index in [2.05, 4.69) is 31.3 Å². The summed E-state index contributed by atoms with van der Waals surface area (Å²) >= 11 is 3.50. The number of nitrogens with one attached hydrogen (secondary N) is 1. The summed E-state index contributed by atoms with van der Waals surface area (Å²) in [5.74, 6) is 0.0473. The number of aryl methyl sites for hydroxylation is 1. The molecule has 0 atom stereocenters. The van der Waals surface area contributed by atoms with Gasteiger partial charge >= 0.3 is 0 Å². The lowest BCUT2D eigenvalue weighted by atomic mass is 10.1. The molecule has 1 heterocycles. The Morgan fingerprint density at radius 1 is 1.12 bits per heavy atom. The third kappa shape index (κ3) is 4.29. The van der Waals surface area contributed by atoms with Gasteiger partial charge in [-0.1, -0.05) is 46.3 Å². The Balaban J connectivity index is 1.48. The summed E-state index contributed by atoms with van der Waals surface area (Å²) in [5, 5.41) is 7.04. The Kier molecular flexibility index (Phi) is 5.38. The highest BCUT2D eigenvalue weighted by molar-refractivity contribution is 9.10. The van der Waals surface area contributed by atoms with E-state index in [1.54, 1.807) is 11.0 Å². The van der Waals surface area contributed by atoms with Crippen LogP contribution in [-0.4, -0.2) is 20.7 Å². The molecule has 0 aliphatic heterocycles. The van der Waals surface area contributed by atoms with E-state index in [-0.39, 0.29) is 5.91 Å². The molecule has 0 spiro atoms. The maximum Gasteiger partial charge on any atom is 0.220 e. The molecule has 0 aliphatic rings. The second-order valence-corrected chi connectivity index (χ2v) is 6.23. The van der Waals surface area contributed by atoms with Crippen LogP contribution in [0.5, 0.6) is 0 Å². The molecular weight excluding hydrogens is 368 g/mol. The van der Waals surface area contributed by atoms with Crippen LogP contribution in [0.25, 0.3) is 5.69 Å². The first-order valence-corrected chi connectivity index (χ1v) is 8.46. The van der Waals surface area contributed by atoms with Crippen molar-refractivity contribution in [3.63, 3.8) is 0 Å². The number of hydrogen-bond acceptors (Lipinski definition) is 3. The van der Waals surface area contributed by atoms with Crippen LogP contribution in [0.4, 0.5) is 0 Å². The molecule has 6 heteroatoms. The highest BCUT2D eigenvalue weighted by Gasteiger charge is 2.05. The Labute approximate surface area is 148 Å². The van der Waals surface area contributed by atoms with Gasteiger partial charge in [0.2, 0.25) is 5.91 Å². The van der Waals surface area contributed by atoms with Crippen LogP contribution in [0.2, 0.25) is 0 Å². The van der Waals surface area contributed by atoms with E-state index in [1.165, 1.54) is 6.33 Å². The van der Waals surface area contributed by atoms with E-state index in [0.717, 1.165) is 27.7 Å². The van der Waals surface area contributed by atoms with Gasteiger partial charge in [-0.15, -0.1) is 0 Å². The monoisotopic (exact) mass is 384 g/mol. The lowest BCUT2D eigenvalue weighted by Gasteiger charge is -2.07. The number of rotatable bonds is 6. The maximum absolute atomic E-state index is 12.0. The first-order chi connectivity index (χ1) is 11.7. The second-order valence-electron chi connectivity index (χ2n) is 5.37. The van der Waals surface area contributed by atoms with Crippen molar-refractivity contribution < 1.29 is 4.79 Å². The number of carbonyl (C=O) groups is 1. The van der Waals surface area contributed by atoms with Crippen LogP contribution in [0.15, 0.2) is 65.7 Å². The van der Waals surface area contributed by atoms with Crippen molar-refractivity contribution in [2.24, 2.45) is 0 Å². The zero-order valence-corrected chi connectivity index (χ0v) is 14.6. The SMILES string of the molecule is O=C(CCc1ccccc1Br)NCc1ccc(-n2cncn2)cc1. The standard InChI is InChI=1S/C18H17BrN4O/c19-17-4-2-1-3-15(17)7-10-18(24)21-11-14-5-8-16(9-6-14)23-13-20-12-22-23/h1-6,8-9,12-13H,7,10-11H2,(H,21,24). The van der Waals surface area contributed by atoms with E-state index in [0.29, 0.717) is 13.0 Å². The van der Waals surface area contributed by atoms with Gasteiger partial charge in [0.15, 0.2) is 0 Å². The summed E-state index contributed by atoms with van der Waals surface area (Å²) in [5.41, 5.74) is 3.13. The number of carbonyl (C=O) groups excluding carboxylic acids is 1. The van der Waals surface area contributed by atoms with E-state index in [4.69, 9.17) is 0 Å². The first-order valence-electron chi connectivity index (χ1n) is 7.66. The minimum atomic E-state index is 0.0473. The molecule has 0 saturated heterocycles. The predicted molar refractivity (Wildman–Crippen MR) is 95.7 cm³/mol. The zero-order chi connectivity index (χ0) is 16.8. The first kappa shape index (κ1) is 16.4. The van der Waals surface area contributed by atoms with Gasteiger partial charge in [-0.25, -0.2) is 9.67 Å². The van der Waals surface area contributed by atoms with Crippen molar-refractivity contribution in [2.45, 2.75) is 19.4 Å². The molecular formula is C18H17BrN4O. The highest BCUT2D eigenvalue weighted by Crippen LogP contribution is 2.17. The van der Waals surface area contributed by atoms with E-state index in [9.17, 15) is 4.79 Å². The summed E-state index contributed by atoms with van der Waals surface area (Å²) in [4.78, 5) is 15.9. The predicted octanol–water partition coefficient (Wildman–Crippen LogP) is 3.28. The fourth-order valence-corrected chi connectivity index (χ4v) is 2.83. The molecule has 0 fully saturated rings. The van der Waals surface area contributed by atoms with Crippen LogP contribution >= 0.6 is 15.9 Å². The fourth-order valence-electron chi connectivity index (χ4n) is 2.35. The lowest BCUT2D eigenvalue weighted by Crippen LogP contribution is -2.23. The van der Waals surface area contributed by atoms with Crippen molar-refractivity contribution in [2.75, 3.05) is 0 Å². The molecule has 0 saturated carbocycles. The van der Waals surface area contributed by atoms with Crippen molar-refractivity contribution in [1.29, 1.82) is 0 Å². The molecule has 3 rings (SSSR count). The van der Waals surface area contributed by atoms with Gasteiger partial charge in [0, 0.05) is 17.4 Å². The van der Waals surface area contributed by atoms with Gasteiger partial charge in [-0.05, 0) is 35.7 Å². The van der Waals surface area contributed by atoms with E-state index < -0.39 is 0 Å². The van der Waals surface area contributed by atoms with Crippen LogP contribution in [0.1, 0.15) is 17.5 Å². The Morgan fingerprint density at radius 3 is 2.62 bits per heavy atom. The molecule has 1 aromatic heterocycles. The molecule has 0 radical (unpaired) electrons. The summed E-state index contributed by atoms with van der Waals surface area (Å²) in [6.45, 7) is 0.520. The van der Waals surface area contributed by atoms with Gasteiger partial charge < -0.3 is 5.32 Å². The Hall–Kier alpha value is -2.47. The number of aromatic nitrogens is 3.